The van der Waals surface area contributed by atoms with Crippen molar-refractivity contribution in [2.75, 3.05) is 0 Å². The van der Waals surface area contributed by atoms with Crippen LogP contribution in [-0.4, -0.2) is 5.54 Å². The quantitative estimate of drug-likeness (QED) is 0.480. The zero-order chi connectivity index (χ0) is 5.33. The Labute approximate surface area is 48.3 Å². The Morgan fingerprint density at radius 1 is 1.57 bits per heavy atom. The van der Waals surface area contributed by atoms with Crippen molar-refractivity contribution in [2.24, 2.45) is 0 Å². The topological polar surface area (TPSA) is 12.0 Å². The van der Waals surface area contributed by atoms with Gasteiger partial charge < -0.3 is 0 Å². The molecule has 1 rings (SSSR count). The van der Waals surface area contributed by atoms with E-state index >= 15 is 0 Å². The third kappa shape index (κ3) is 1.21. The summed E-state index contributed by atoms with van der Waals surface area (Å²) >= 11 is 1.65. The van der Waals surface area contributed by atoms with Crippen molar-refractivity contribution in [1.82, 2.24) is 4.72 Å². The van der Waals surface area contributed by atoms with Crippen molar-refractivity contribution in [3.05, 3.63) is 11.5 Å². The standard InChI is InChI=1S/C5H9NS/c1-5(2)3-4-7-6-5/h3-4,6H,1-2H3. The molecule has 0 unspecified atom stereocenters. The highest BCUT2D eigenvalue weighted by Gasteiger charge is 2.15. The summed E-state index contributed by atoms with van der Waals surface area (Å²) in [6, 6.07) is 0. The lowest BCUT2D eigenvalue weighted by atomic mass is 10.1. The summed E-state index contributed by atoms with van der Waals surface area (Å²) in [5, 5.41) is 2.07. The first-order valence-electron chi connectivity index (χ1n) is 2.31. The van der Waals surface area contributed by atoms with E-state index in [0.717, 1.165) is 0 Å². The summed E-state index contributed by atoms with van der Waals surface area (Å²) in [6.07, 6.45) is 2.15. The Hall–Kier alpha value is 0.0500. The van der Waals surface area contributed by atoms with Gasteiger partial charge in [0.2, 0.25) is 0 Å². The fraction of sp³-hybridized carbons (Fsp3) is 0.600. The van der Waals surface area contributed by atoms with Gasteiger partial charge in [-0.25, -0.2) is 0 Å². The number of hydrogen-bond acceptors (Lipinski definition) is 2. The molecule has 1 heterocycles. The first kappa shape index (κ1) is 5.19. The van der Waals surface area contributed by atoms with E-state index in [-0.39, 0.29) is 5.54 Å². The highest BCUT2D eigenvalue weighted by molar-refractivity contribution is 8.00. The number of nitrogens with one attached hydrogen (secondary N) is 1. The fourth-order valence-corrected chi connectivity index (χ4v) is 1.27. The average molecular weight is 115 g/mol. The molecule has 40 valence electrons. The molecule has 1 nitrogen and oxygen atoms in total. The minimum atomic E-state index is 0.227. The Morgan fingerprint density at radius 2 is 2.29 bits per heavy atom. The molecule has 1 aliphatic rings. The predicted molar refractivity (Wildman–Crippen MR) is 33.9 cm³/mol. The van der Waals surface area contributed by atoms with Crippen LogP contribution in [0.3, 0.4) is 0 Å². The summed E-state index contributed by atoms with van der Waals surface area (Å²) in [5.41, 5.74) is 0.227. The van der Waals surface area contributed by atoms with Gasteiger partial charge in [0.25, 0.3) is 0 Å². The maximum absolute atomic E-state index is 3.20. The largest absolute Gasteiger partial charge is 0.251 e. The van der Waals surface area contributed by atoms with Crippen LogP contribution in [0.1, 0.15) is 13.8 Å². The zero-order valence-electron chi connectivity index (χ0n) is 4.56. The van der Waals surface area contributed by atoms with Crippen LogP contribution < -0.4 is 4.72 Å². The molecule has 0 saturated carbocycles. The van der Waals surface area contributed by atoms with Gasteiger partial charge in [-0.05, 0) is 19.3 Å². The molecular formula is C5H9NS. The fourth-order valence-electron chi connectivity index (χ4n) is 0.424. The molecule has 0 amide bonds. The zero-order valence-corrected chi connectivity index (χ0v) is 5.38. The third-order valence-electron chi connectivity index (χ3n) is 0.875. The number of hydrogen-bond donors (Lipinski definition) is 1. The molecule has 1 aliphatic heterocycles. The smallest absolute Gasteiger partial charge is 0.0417 e. The lowest BCUT2D eigenvalue weighted by molar-refractivity contribution is 0.615. The molecule has 0 atom stereocenters. The van der Waals surface area contributed by atoms with Gasteiger partial charge in [0.15, 0.2) is 0 Å². The maximum atomic E-state index is 3.20. The van der Waals surface area contributed by atoms with Crippen molar-refractivity contribution in [2.45, 2.75) is 19.4 Å². The van der Waals surface area contributed by atoms with Crippen LogP contribution in [-0.2, 0) is 0 Å². The molecule has 0 bridgehead atoms. The molecule has 0 spiro atoms. The van der Waals surface area contributed by atoms with E-state index < -0.39 is 0 Å². The Bertz CT molecular complexity index is 96.3. The maximum Gasteiger partial charge on any atom is 0.0417 e. The monoisotopic (exact) mass is 115 g/mol. The molecule has 0 saturated heterocycles. The molecule has 2 heteroatoms. The van der Waals surface area contributed by atoms with E-state index in [1.807, 2.05) is 0 Å². The van der Waals surface area contributed by atoms with Gasteiger partial charge in [-0.1, -0.05) is 18.0 Å². The van der Waals surface area contributed by atoms with Crippen molar-refractivity contribution < 1.29 is 0 Å². The molecule has 0 aliphatic carbocycles. The van der Waals surface area contributed by atoms with Gasteiger partial charge in [-0.2, -0.15) is 0 Å². The van der Waals surface area contributed by atoms with Crippen LogP contribution in [0.4, 0.5) is 0 Å². The molecule has 0 aromatic carbocycles. The van der Waals surface area contributed by atoms with Crippen molar-refractivity contribution >= 4 is 11.9 Å². The minimum absolute atomic E-state index is 0.227. The van der Waals surface area contributed by atoms with E-state index in [0.29, 0.717) is 0 Å². The molecule has 7 heavy (non-hydrogen) atoms. The second kappa shape index (κ2) is 1.53. The van der Waals surface area contributed by atoms with Crippen molar-refractivity contribution in [3.63, 3.8) is 0 Å². The van der Waals surface area contributed by atoms with E-state index in [9.17, 15) is 0 Å². The normalized spacial score (nSPS) is 26.0. The highest BCUT2D eigenvalue weighted by Crippen LogP contribution is 2.18. The summed E-state index contributed by atoms with van der Waals surface area (Å²) in [4.78, 5) is 0. The molecular weight excluding hydrogens is 106 g/mol. The summed E-state index contributed by atoms with van der Waals surface area (Å²) in [5.74, 6) is 0. The van der Waals surface area contributed by atoms with Gasteiger partial charge >= 0.3 is 0 Å². The van der Waals surface area contributed by atoms with Crippen molar-refractivity contribution in [1.29, 1.82) is 0 Å². The van der Waals surface area contributed by atoms with Gasteiger partial charge in [0.1, 0.15) is 0 Å². The van der Waals surface area contributed by atoms with Crippen molar-refractivity contribution in [3.8, 4) is 0 Å². The van der Waals surface area contributed by atoms with Gasteiger partial charge in [-0.15, -0.1) is 0 Å². The van der Waals surface area contributed by atoms with Gasteiger partial charge in [0, 0.05) is 5.54 Å². The van der Waals surface area contributed by atoms with Crippen LogP contribution in [0.25, 0.3) is 0 Å². The summed E-state index contributed by atoms with van der Waals surface area (Å²) < 4.78 is 3.20. The molecule has 0 aromatic rings. The van der Waals surface area contributed by atoms with Crippen LogP contribution in [0, 0.1) is 0 Å². The van der Waals surface area contributed by atoms with Gasteiger partial charge in [-0.3, -0.25) is 4.72 Å². The first-order valence-corrected chi connectivity index (χ1v) is 3.19. The van der Waals surface area contributed by atoms with E-state index in [1.54, 1.807) is 11.9 Å². The predicted octanol–water partition coefficient (Wildman–Crippen LogP) is 1.53. The van der Waals surface area contributed by atoms with E-state index in [4.69, 9.17) is 0 Å². The first-order chi connectivity index (χ1) is 3.21. The average Bonchev–Trinajstić information content (AvgIpc) is 1.84. The highest BCUT2D eigenvalue weighted by atomic mass is 32.2. The van der Waals surface area contributed by atoms with E-state index in [2.05, 4.69) is 30.1 Å². The van der Waals surface area contributed by atoms with E-state index in [1.165, 1.54) is 0 Å². The van der Waals surface area contributed by atoms with Crippen LogP contribution in [0.5, 0.6) is 0 Å². The Balaban J connectivity index is 2.57. The SMILES string of the molecule is CC1(C)C=CSN1. The Morgan fingerprint density at radius 3 is 2.43 bits per heavy atom. The minimum Gasteiger partial charge on any atom is -0.251 e. The van der Waals surface area contributed by atoms with Crippen LogP contribution >= 0.6 is 11.9 Å². The lowest BCUT2D eigenvalue weighted by Crippen LogP contribution is -2.27. The third-order valence-corrected chi connectivity index (χ3v) is 1.79. The van der Waals surface area contributed by atoms with Gasteiger partial charge in [0.05, 0.1) is 0 Å². The van der Waals surface area contributed by atoms with Crippen LogP contribution in [0.15, 0.2) is 11.5 Å². The number of rotatable bonds is 0. The molecule has 1 N–H and O–H groups in total. The lowest BCUT2D eigenvalue weighted by Gasteiger charge is -2.12. The summed E-state index contributed by atoms with van der Waals surface area (Å²) in [7, 11) is 0. The molecule has 0 aromatic heterocycles. The van der Waals surface area contributed by atoms with Crippen LogP contribution in [0.2, 0.25) is 0 Å². The second-order valence-corrected chi connectivity index (χ2v) is 2.96. The second-order valence-electron chi connectivity index (χ2n) is 2.24. The summed E-state index contributed by atoms with van der Waals surface area (Å²) in [6.45, 7) is 4.28. The molecule has 0 radical (unpaired) electrons. The molecule has 0 fully saturated rings. The Kier molecular flexibility index (Phi) is 1.13.